The topological polar surface area (TPSA) is 14.3 Å². The summed E-state index contributed by atoms with van der Waals surface area (Å²) in [6.45, 7) is 0. The Balaban J connectivity index is 1.07. The highest BCUT2D eigenvalue weighted by Crippen LogP contribution is 2.42. The molecule has 0 N–H and O–H groups in total. The summed E-state index contributed by atoms with van der Waals surface area (Å²) >= 11 is 0. The summed E-state index contributed by atoms with van der Waals surface area (Å²) in [7, 11) is 0. The lowest BCUT2D eigenvalue weighted by molar-refractivity contribution is 1.15. The van der Waals surface area contributed by atoms with Gasteiger partial charge in [-0.05, 0) is 77.9 Å². The highest BCUT2D eigenvalue weighted by molar-refractivity contribution is 6.23. The molecule has 12 aromatic rings. The number of para-hydroxylation sites is 5. The first kappa shape index (κ1) is 27.0. The summed E-state index contributed by atoms with van der Waals surface area (Å²) in [6, 6.07) is 64.7. The molecule has 0 aliphatic carbocycles. The number of aromatic nitrogens is 3. The van der Waals surface area contributed by atoms with Gasteiger partial charge in [0, 0.05) is 54.5 Å². The molecule has 0 bridgehead atoms. The molecule has 51 heavy (non-hydrogen) atoms. The molecule has 0 amide bonds. The van der Waals surface area contributed by atoms with Crippen LogP contribution in [0.2, 0.25) is 0 Å². The van der Waals surface area contributed by atoms with E-state index in [1.54, 1.807) is 0 Å². The lowest BCUT2D eigenvalue weighted by atomic mass is 10.00. The fraction of sp³-hybridized carbons (Fsp3) is 0. The van der Waals surface area contributed by atoms with Crippen molar-refractivity contribution in [2.24, 2.45) is 0 Å². The fourth-order valence-corrected chi connectivity index (χ4v) is 9.00. The van der Waals surface area contributed by atoms with Crippen LogP contribution in [0.1, 0.15) is 0 Å². The summed E-state index contributed by atoms with van der Waals surface area (Å²) in [5.74, 6) is 0. The lowest BCUT2D eigenvalue weighted by Gasteiger charge is -2.11. The van der Waals surface area contributed by atoms with Crippen molar-refractivity contribution in [1.82, 2.24) is 13.5 Å². The average Bonchev–Trinajstić information content (AvgIpc) is 3.92. The van der Waals surface area contributed by atoms with Gasteiger partial charge in [-0.1, -0.05) is 109 Å². The summed E-state index contributed by atoms with van der Waals surface area (Å²) in [5.41, 5.74) is 13.4. The van der Waals surface area contributed by atoms with Crippen molar-refractivity contribution in [3.8, 4) is 22.5 Å². The van der Waals surface area contributed by atoms with Crippen molar-refractivity contribution >= 4 is 81.7 Å². The van der Waals surface area contributed by atoms with Crippen molar-refractivity contribution < 1.29 is 0 Å². The van der Waals surface area contributed by atoms with Gasteiger partial charge in [0.2, 0.25) is 0 Å². The Kier molecular flexibility index (Phi) is 5.23. The second-order valence-electron chi connectivity index (χ2n) is 13.8. The molecule has 3 heteroatoms. The monoisotopic (exact) mass is 647 g/mol. The second-order valence-corrected chi connectivity index (χ2v) is 13.8. The fourth-order valence-electron chi connectivity index (χ4n) is 9.00. The molecule has 0 saturated heterocycles. The third-order valence-corrected chi connectivity index (χ3v) is 11.2. The highest BCUT2D eigenvalue weighted by atomic mass is 15.0. The Morgan fingerprint density at radius 3 is 1.45 bits per heavy atom. The van der Waals surface area contributed by atoms with E-state index in [0.29, 0.717) is 0 Å². The van der Waals surface area contributed by atoms with Crippen molar-refractivity contribution in [2.45, 2.75) is 0 Å². The van der Waals surface area contributed by atoms with Crippen LogP contribution in [0.5, 0.6) is 0 Å². The molecule has 0 aliphatic heterocycles. The number of fused-ring (bicyclic) bond motifs is 12. The first-order chi connectivity index (χ1) is 25.3. The average molecular weight is 648 g/mol. The highest BCUT2D eigenvalue weighted by Gasteiger charge is 2.19. The summed E-state index contributed by atoms with van der Waals surface area (Å²) in [5, 5.41) is 10.3. The van der Waals surface area contributed by atoms with Gasteiger partial charge < -0.3 is 13.5 Å². The maximum absolute atomic E-state index is 2.45. The number of rotatable bonds is 3. The maximum atomic E-state index is 2.45. The maximum Gasteiger partial charge on any atom is 0.0620 e. The lowest BCUT2D eigenvalue weighted by Crippen LogP contribution is -1.96. The molecule has 12 rings (SSSR count). The predicted octanol–water partition coefficient (Wildman–Crippen LogP) is 12.7. The van der Waals surface area contributed by atoms with E-state index in [9.17, 15) is 0 Å². The van der Waals surface area contributed by atoms with Crippen LogP contribution < -0.4 is 0 Å². The molecule has 4 aromatic heterocycles. The van der Waals surface area contributed by atoms with Crippen LogP contribution in [-0.2, 0) is 0 Å². The van der Waals surface area contributed by atoms with Gasteiger partial charge in [-0.15, -0.1) is 0 Å². The van der Waals surface area contributed by atoms with Gasteiger partial charge in [0.05, 0.1) is 38.6 Å². The van der Waals surface area contributed by atoms with Crippen LogP contribution in [0.15, 0.2) is 176 Å². The SMILES string of the molecule is c1ccc(-n2c3ccccc3c3ccc(-n4c5ccccc5c5cc(-c6ccc7c(c6)c6cccc8c9ccccc9n7c86)ccc54)cc32)cc1. The summed E-state index contributed by atoms with van der Waals surface area (Å²) in [6.07, 6.45) is 0. The Labute approximate surface area is 292 Å². The normalized spacial score (nSPS) is 12.3. The Hall–Kier alpha value is -6.84. The Morgan fingerprint density at radius 1 is 0.255 bits per heavy atom. The quantitative estimate of drug-likeness (QED) is 0.181. The number of nitrogens with zero attached hydrogens (tertiary/aromatic N) is 3. The molecular weight excluding hydrogens is 619 g/mol. The second kappa shape index (κ2) is 9.87. The van der Waals surface area contributed by atoms with E-state index in [0.717, 1.165) is 5.69 Å². The van der Waals surface area contributed by atoms with E-state index in [-0.39, 0.29) is 0 Å². The molecule has 3 nitrogen and oxygen atoms in total. The van der Waals surface area contributed by atoms with Gasteiger partial charge in [0.1, 0.15) is 0 Å². The van der Waals surface area contributed by atoms with Crippen LogP contribution in [0, 0.1) is 0 Å². The minimum absolute atomic E-state index is 1.15. The summed E-state index contributed by atoms with van der Waals surface area (Å²) < 4.78 is 7.28. The van der Waals surface area contributed by atoms with Gasteiger partial charge in [-0.2, -0.15) is 0 Å². The molecule has 0 spiro atoms. The zero-order chi connectivity index (χ0) is 33.2. The third kappa shape index (κ3) is 3.57. The van der Waals surface area contributed by atoms with E-state index in [4.69, 9.17) is 0 Å². The molecule has 0 radical (unpaired) electrons. The molecule has 0 atom stereocenters. The number of hydrogen-bond acceptors (Lipinski definition) is 0. The van der Waals surface area contributed by atoms with Crippen molar-refractivity contribution in [1.29, 1.82) is 0 Å². The van der Waals surface area contributed by atoms with Crippen LogP contribution >= 0.6 is 0 Å². The zero-order valence-electron chi connectivity index (χ0n) is 27.6. The number of hydrogen-bond donors (Lipinski definition) is 0. The smallest absolute Gasteiger partial charge is 0.0620 e. The van der Waals surface area contributed by atoms with E-state index in [2.05, 4.69) is 189 Å². The van der Waals surface area contributed by atoms with Crippen molar-refractivity contribution in [3.63, 3.8) is 0 Å². The van der Waals surface area contributed by atoms with Gasteiger partial charge in [-0.25, -0.2) is 0 Å². The van der Waals surface area contributed by atoms with Gasteiger partial charge >= 0.3 is 0 Å². The van der Waals surface area contributed by atoms with E-state index < -0.39 is 0 Å². The van der Waals surface area contributed by atoms with Crippen LogP contribution in [0.3, 0.4) is 0 Å². The van der Waals surface area contributed by atoms with E-state index >= 15 is 0 Å². The molecule has 0 saturated carbocycles. The molecule has 8 aromatic carbocycles. The van der Waals surface area contributed by atoms with Gasteiger partial charge in [0.15, 0.2) is 0 Å². The Morgan fingerprint density at radius 2 is 0.725 bits per heavy atom. The molecule has 0 unspecified atom stereocenters. The minimum atomic E-state index is 1.15. The first-order valence-corrected chi connectivity index (χ1v) is 17.6. The van der Waals surface area contributed by atoms with Gasteiger partial charge in [-0.3, -0.25) is 0 Å². The zero-order valence-corrected chi connectivity index (χ0v) is 27.6. The van der Waals surface area contributed by atoms with E-state index in [1.807, 2.05) is 0 Å². The molecule has 236 valence electrons. The molecule has 0 aliphatic rings. The van der Waals surface area contributed by atoms with Crippen molar-refractivity contribution in [2.75, 3.05) is 0 Å². The molecule has 4 heterocycles. The third-order valence-electron chi connectivity index (χ3n) is 11.2. The molecule has 0 fully saturated rings. The van der Waals surface area contributed by atoms with E-state index in [1.165, 1.54) is 98.5 Å². The number of benzene rings is 8. The van der Waals surface area contributed by atoms with Gasteiger partial charge in [0.25, 0.3) is 0 Å². The van der Waals surface area contributed by atoms with Crippen LogP contribution in [0.25, 0.3) is 104 Å². The predicted molar refractivity (Wildman–Crippen MR) is 215 cm³/mol. The standard InChI is InChI=1S/C48H29N3/c1-2-11-32(12-3-1)49-42-18-7-4-13-34(42)37-24-23-33(29-47(37)49)50-43-19-8-6-15-36(43)40-27-30(21-25-45(40)50)31-22-26-46-41(28-31)39-17-10-16-38-35-14-5-9-20-44(35)51(46)48(38)39/h1-29H. The van der Waals surface area contributed by atoms with Crippen molar-refractivity contribution in [3.05, 3.63) is 176 Å². The Bertz CT molecular complexity index is 3360. The summed E-state index contributed by atoms with van der Waals surface area (Å²) in [4.78, 5) is 0. The van der Waals surface area contributed by atoms with Crippen LogP contribution in [-0.4, -0.2) is 13.5 Å². The van der Waals surface area contributed by atoms with Crippen LogP contribution in [0.4, 0.5) is 0 Å². The molecular formula is C48H29N3. The first-order valence-electron chi connectivity index (χ1n) is 17.6. The largest absolute Gasteiger partial charge is 0.309 e. The minimum Gasteiger partial charge on any atom is -0.309 e.